The number of nitrogens with one attached hydrogen (secondary N) is 2. The van der Waals surface area contributed by atoms with E-state index in [4.69, 9.17) is 5.10 Å². The van der Waals surface area contributed by atoms with Gasteiger partial charge in [0.25, 0.3) is 0 Å². The first-order chi connectivity index (χ1) is 15.0. The summed E-state index contributed by atoms with van der Waals surface area (Å²) in [4.78, 5) is 27.2. The molecule has 3 amide bonds. The van der Waals surface area contributed by atoms with E-state index < -0.39 is 0 Å². The summed E-state index contributed by atoms with van der Waals surface area (Å²) in [5.74, 6) is 0.606. The number of hydrogen-bond acceptors (Lipinski definition) is 3. The van der Waals surface area contributed by atoms with Gasteiger partial charge in [-0.25, -0.2) is 9.48 Å². The van der Waals surface area contributed by atoms with Gasteiger partial charge in [0.15, 0.2) is 0 Å². The number of carbonyl (C=O) groups excluding carboxylic acids is 2. The van der Waals surface area contributed by atoms with E-state index in [9.17, 15) is 9.59 Å². The number of benzene rings is 1. The largest absolute Gasteiger partial charge is 0.338 e. The number of rotatable bonds is 9. The van der Waals surface area contributed by atoms with Gasteiger partial charge in [0.1, 0.15) is 12.4 Å². The Labute approximate surface area is 192 Å². The summed E-state index contributed by atoms with van der Waals surface area (Å²) in [7, 11) is 0. The first-order valence-electron chi connectivity index (χ1n) is 11.5. The highest BCUT2D eigenvalue weighted by Crippen LogP contribution is 2.26. The average Bonchev–Trinajstić information content (AvgIpc) is 3.12. The standard InChI is InChI=1S/C25H39N5O2/c1-8-9-14-26-24(32)29(16-18(2)3)17-23(31)27-22-15-21(25(5,6)7)28-30(22)20-12-10-19(4)11-13-20/h10-13,15,18H,8-9,14,16-17H2,1-7H3,(H,26,32)(H,27,31). The number of amides is 3. The van der Waals surface area contributed by atoms with Crippen LogP contribution in [0.1, 0.15) is 65.6 Å². The molecule has 0 aliphatic carbocycles. The van der Waals surface area contributed by atoms with Gasteiger partial charge in [0, 0.05) is 24.6 Å². The Kier molecular flexibility index (Phi) is 8.87. The Morgan fingerprint density at radius 2 is 1.81 bits per heavy atom. The van der Waals surface area contributed by atoms with Gasteiger partial charge in [-0.1, -0.05) is 65.7 Å². The highest BCUT2D eigenvalue weighted by atomic mass is 16.2. The molecule has 32 heavy (non-hydrogen) atoms. The van der Waals surface area contributed by atoms with Crippen LogP contribution in [-0.2, 0) is 10.2 Å². The quantitative estimate of drug-likeness (QED) is 0.544. The lowest BCUT2D eigenvalue weighted by Gasteiger charge is -2.24. The van der Waals surface area contributed by atoms with Crippen molar-refractivity contribution in [1.29, 1.82) is 0 Å². The van der Waals surface area contributed by atoms with Crippen LogP contribution in [0, 0.1) is 12.8 Å². The van der Waals surface area contributed by atoms with E-state index >= 15 is 0 Å². The zero-order valence-corrected chi connectivity index (χ0v) is 20.7. The molecule has 1 aromatic heterocycles. The van der Waals surface area contributed by atoms with Crippen molar-refractivity contribution in [3.63, 3.8) is 0 Å². The Bertz CT molecular complexity index is 894. The fraction of sp³-hybridized carbons (Fsp3) is 0.560. The molecule has 0 saturated carbocycles. The van der Waals surface area contributed by atoms with Crippen LogP contribution in [0.2, 0.25) is 0 Å². The van der Waals surface area contributed by atoms with E-state index in [1.54, 1.807) is 9.58 Å². The van der Waals surface area contributed by atoms with Gasteiger partial charge in [-0.3, -0.25) is 4.79 Å². The minimum atomic E-state index is -0.245. The minimum absolute atomic E-state index is 0.0138. The summed E-state index contributed by atoms with van der Waals surface area (Å²) in [6.07, 6.45) is 1.92. The normalized spacial score (nSPS) is 11.5. The Balaban J connectivity index is 2.23. The van der Waals surface area contributed by atoms with Gasteiger partial charge >= 0.3 is 6.03 Å². The van der Waals surface area contributed by atoms with Crippen molar-refractivity contribution in [2.24, 2.45) is 5.92 Å². The van der Waals surface area contributed by atoms with Gasteiger partial charge in [0.2, 0.25) is 5.91 Å². The first-order valence-corrected chi connectivity index (χ1v) is 11.5. The van der Waals surface area contributed by atoms with Crippen LogP contribution in [-0.4, -0.2) is 46.3 Å². The summed E-state index contributed by atoms with van der Waals surface area (Å²) >= 11 is 0. The van der Waals surface area contributed by atoms with Crippen LogP contribution in [0.15, 0.2) is 30.3 Å². The van der Waals surface area contributed by atoms with Crippen molar-refractivity contribution in [3.8, 4) is 5.69 Å². The number of carbonyl (C=O) groups is 2. The van der Waals surface area contributed by atoms with Gasteiger partial charge < -0.3 is 15.5 Å². The van der Waals surface area contributed by atoms with E-state index in [1.807, 2.05) is 51.1 Å². The molecule has 1 heterocycles. The highest BCUT2D eigenvalue weighted by Gasteiger charge is 2.23. The van der Waals surface area contributed by atoms with E-state index in [0.717, 1.165) is 29.8 Å². The maximum Gasteiger partial charge on any atom is 0.317 e. The number of aromatic nitrogens is 2. The molecule has 0 unspecified atom stereocenters. The number of aryl methyl sites for hydroxylation is 1. The summed E-state index contributed by atoms with van der Waals surface area (Å²) in [6, 6.07) is 9.71. The van der Waals surface area contributed by atoms with Gasteiger partial charge in [-0.15, -0.1) is 0 Å². The van der Waals surface area contributed by atoms with Crippen molar-refractivity contribution < 1.29 is 9.59 Å². The average molecular weight is 442 g/mol. The molecule has 1 aromatic carbocycles. The zero-order chi connectivity index (χ0) is 23.9. The molecule has 2 rings (SSSR count). The third-order valence-corrected chi connectivity index (χ3v) is 5.04. The molecule has 176 valence electrons. The van der Waals surface area contributed by atoms with Gasteiger partial charge in [-0.2, -0.15) is 5.10 Å². The molecule has 2 N–H and O–H groups in total. The maximum absolute atomic E-state index is 13.0. The summed E-state index contributed by atoms with van der Waals surface area (Å²) in [5, 5.41) is 10.7. The lowest BCUT2D eigenvalue weighted by Crippen LogP contribution is -2.46. The molecule has 0 bridgehead atoms. The fourth-order valence-corrected chi connectivity index (χ4v) is 3.22. The topological polar surface area (TPSA) is 79.3 Å². The van der Waals surface area contributed by atoms with Crippen LogP contribution < -0.4 is 10.6 Å². The Morgan fingerprint density at radius 3 is 2.38 bits per heavy atom. The third-order valence-electron chi connectivity index (χ3n) is 5.04. The van der Waals surface area contributed by atoms with Crippen molar-refractivity contribution in [1.82, 2.24) is 20.0 Å². The SMILES string of the molecule is CCCCNC(=O)N(CC(=O)Nc1cc(C(C)(C)C)nn1-c1ccc(C)cc1)CC(C)C. The minimum Gasteiger partial charge on any atom is -0.338 e. The van der Waals surface area contributed by atoms with Crippen molar-refractivity contribution in [2.45, 2.75) is 66.7 Å². The second kappa shape index (κ2) is 11.2. The van der Waals surface area contributed by atoms with Crippen LogP contribution in [0.4, 0.5) is 10.6 Å². The molecule has 0 aliphatic rings. The molecule has 0 spiro atoms. The molecule has 2 aromatic rings. The lowest BCUT2D eigenvalue weighted by atomic mass is 9.92. The smallest absolute Gasteiger partial charge is 0.317 e. The van der Waals surface area contributed by atoms with Crippen molar-refractivity contribution >= 4 is 17.8 Å². The molecule has 0 atom stereocenters. The Morgan fingerprint density at radius 1 is 1.16 bits per heavy atom. The van der Waals surface area contributed by atoms with Crippen LogP contribution in [0.3, 0.4) is 0 Å². The number of hydrogen-bond donors (Lipinski definition) is 2. The second-order valence-corrected chi connectivity index (χ2v) is 9.82. The third kappa shape index (κ3) is 7.39. The predicted octanol–water partition coefficient (Wildman–Crippen LogP) is 4.88. The van der Waals surface area contributed by atoms with Crippen molar-refractivity contribution in [2.75, 3.05) is 25.0 Å². The zero-order valence-electron chi connectivity index (χ0n) is 20.7. The molecular weight excluding hydrogens is 402 g/mol. The molecule has 7 heteroatoms. The Hall–Kier alpha value is -2.83. The maximum atomic E-state index is 13.0. The second-order valence-electron chi connectivity index (χ2n) is 9.82. The molecule has 0 aliphatic heterocycles. The number of nitrogens with zero attached hydrogens (tertiary/aromatic N) is 3. The highest BCUT2D eigenvalue weighted by molar-refractivity contribution is 5.94. The van der Waals surface area contributed by atoms with E-state index in [-0.39, 0.29) is 29.8 Å². The monoisotopic (exact) mass is 441 g/mol. The van der Waals surface area contributed by atoms with Crippen molar-refractivity contribution in [3.05, 3.63) is 41.6 Å². The molecule has 0 saturated heterocycles. The van der Waals surface area contributed by atoms with E-state index in [0.29, 0.717) is 18.9 Å². The van der Waals surface area contributed by atoms with Gasteiger partial charge in [-0.05, 0) is 31.4 Å². The molecular formula is C25H39N5O2. The summed E-state index contributed by atoms with van der Waals surface area (Å²) < 4.78 is 1.76. The number of unbranched alkanes of at least 4 members (excludes halogenated alkanes) is 1. The van der Waals surface area contributed by atoms with E-state index in [2.05, 4.69) is 38.3 Å². The molecule has 7 nitrogen and oxygen atoms in total. The van der Waals surface area contributed by atoms with Crippen LogP contribution in [0.5, 0.6) is 0 Å². The predicted molar refractivity (Wildman–Crippen MR) is 130 cm³/mol. The first kappa shape index (κ1) is 25.4. The number of anilines is 1. The van der Waals surface area contributed by atoms with E-state index in [1.165, 1.54) is 0 Å². The summed E-state index contributed by atoms with van der Waals surface area (Å²) in [5.41, 5.74) is 2.74. The van der Waals surface area contributed by atoms with Crippen LogP contribution >= 0.6 is 0 Å². The number of urea groups is 1. The fourth-order valence-electron chi connectivity index (χ4n) is 3.22. The molecule has 0 fully saturated rings. The van der Waals surface area contributed by atoms with Gasteiger partial charge in [0.05, 0.1) is 11.4 Å². The molecule has 0 radical (unpaired) electrons. The van der Waals surface area contributed by atoms with Crippen LogP contribution in [0.25, 0.3) is 5.69 Å². The lowest BCUT2D eigenvalue weighted by molar-refractivity contribution is -0.116. The summed E-state index contributed by atoms with van der Waals surface area (Å²) in [6.45, 7) is 15.6.